The molecule has 2 nitrogen and oxygen atoms in total. The third kappa shape index (κ3) is 3.17. The highest BCUT2D eigenvalue weighted by Crippen LogP contribution is 1.96. The van der Waals surface area contributed by atoms with E-state index in [9.17, 15) is 0 Å². The third-order valence-corrected chi connectivity index (χ3v) is 1.12. The maximum absolute atomic E-state index is 4.07. The Kier molecular flexibility index (Phi) is 4.46. The van der Waals surface area contributed by atoms with Crippen LogP contribution in [0.3, 0.4) is 0 Å². The number of hydrogen-bond donors (Lipinski definition) is 0. The van der Waals surface area contributed by atoms with Crippen LogP contribution < -0.4 is 0 Å². The highest BCUT2D eigenvalue weighted by Gasteiger charge is 1.96. The molecule has 56 valence electrons. The molecule has 0 fully saturated rings. The minimum atomic E-state index is 0.426. The van der Waals surface area contributed by atoms with Crippen LogP contribution in [0.4, 0.5) is 0 Å². The lowest BCUT2D eigenvalue weighted by Gasteiger charge is -2.00. The normalized spacial score (nSPS) is 13.0. The standard InChI is InChI=1S/C8H14N2/c1-5-8(7(2)3)10-6-9-4/h5-7H,1H2,2-4H3/b9-6-,10-8+. The van der Waals surface area contributed by atoms with E-state index >= 15 is 0 Å². The van der Waals surface area contributed by atoms with E-state index in [2.05, 4.69) is 30.4 Å². The van der Waals surface area contributed by atoms with Gasteiger partial charge in [-0.25, -0.2) is 4.99 Å². The predicted octanol–water partition coefficient (Wildman–Crippen LogP) is 1.93. The highest BCUT2D eigenvalue weighted by molar-refractivity contribution is 6.00. The van der Waals surface area contributed by atoms with Crippen molar-refractivity contribution in [3.8, 4) is 0 Å². The first-order valence-electron chi connectivity index (χ1n) is 3.33. The van der Waals surface area contributed by atoms with Gasteiger partial charge in [-0.3, -0.25) is 4.99 Å². The summed E-state index contributed by atoms with van der Waals surface area (Å²) in [6.45, 7) is 7.79. The van der Waals surface area contributed by atoms with Gasteiger partial charge in [0.15, 0.2) is 0 Å². The second-order valence-corrected chi connectivity index (χ2v) is 2.29. The van der Waals surface area contributed by atoms with Gasteiger partial charge in [0, 0.05) is 12.8 Å². The summed E-state index contributed by atoms with van der Waals surface area (Å²) in [5, 5.41) is 0. The van der Waals surface area contributed by atoms with Gasteiger partial charge in [-0.2, -0.15) is 0 Å². The van der Waals surface area contributed by atoms with Crippen LogP contribution in [0, 0.1) is 5.92 Å². The average molecular weight is 138 g/mol. The van der Waals surface area contributed by atoms with Crippen LogP contribution in [0.2, 0.25) is 0 Å². The van der Waals surface area contributed by atoms with Crippen molar-refractivity contribution in [3.05, 3.63) is 12.7 Å². The molecule has 0 aromatic carbocycles. The van der Waals surface area contributed by atoms with Gasteiger partial charge in [-0.05, 0) is 12.0 Å². The summed E-state index contributed by atoms with van der Waals surface area (Å²) in [6.07, 6.45) is 3.30. The lowest BCUT2D eigenvalue weighted by Crippen LogP contribution is -2.02. The van der Waals surface area contributed by atoms with Crippen LogP contribution in [-0.4, -0.2) is 19.1 Å². The van der Waals surface area contributed by atoms with E-state index in [1.807, 2.05) is 0 Å². The Hall–Kier alpha value is -0.920. The van der Waals surface area contributed by atoms with Gasteiger partial charge in [0.1, 0.15) is 6.34 Å². The molecule has 0 aromatic heterocycles. The Bertz CT molecular complexity index is 155. The molecule has 0 spiro atoms. The molecule has 0 aromatic rings. The number of rotatable bonds is 3. The molecule has 0 heterocycles. The van der Waals surface area contributed by atoms with Gasteiger partial charge < -0.3 is 0 Å². The van der Waals surface area contributed by atoms with Crippen molar-refractivity contribution < 1.29 is 0 Å². The van der Waals surface area contributed by atoms with Crippen molar-refractivity contribution in [1.82, 2.24) is 0 Å². The molecule has 0 saturated carbocycles. The molecule has 0 aliphatic rings. The first kappa shape index (κ1) is 9.08. The summed E-state index contributed by atoms with van der Waals surface area (Å²) in [6, 6.07) is 0. The zero-order valence-corrected chi connectivity index (χ0v) is 6.83. The molecule has 0 rings (SSSR count). The summed E-state index contributed by atoms with van der Waals surface area (Å²) < 4.78 is 0. The fourth-order valence-electron chi connectivity index (χ4n) is 0.562. The average Bonchev–Trinajstić information content (AvgIpc) is 1.89. The molecule has 0 radical (unpaired) electrons. The molecule has 0 N–H and O–H groups in total. The zero-order chi connectivity index (χ0) is 7.98. The molecule has 0 aliphatic carbocycles. The third-order valence-electron chi connectivity index (χ3n) is 1.12. The van der Waals surface area contributed by atoms with Crippen LogP contribution in [0.1, 0.15) is 13.8 Å². The fourth-order valence-corrected chi connectivity index (χ4v) is 0.562. The lowest BCUT2D eigenvalue weighted by atomic mass is 10.1. The van der Waals surface area contributed by atoms with Crippen LogP contribution >= 0.6 is 0 Å². The molecule has 0 bridgehead atoms. The molecule has 0 amide bonds. The fraction of sp³-hybridized carbons (Fsp3) is 0.500. The molecular formula is C8H14N2. The van der Waals surface area contributed by atoms with E-state index in [4.69, 9.17) is 0 Å². The van der Waals surface area contributed by atoms with E-state index < -0.39 is 0 Å². The molecule has 0 unspecified atom stereocenters. The second kappa shape index (κ2) is 4.91. The zero-order valence-electron chi connectivity index (χ0n) is 6.83. The molecule has 10 heavy (non-hydrogen) atoms. The predicted molar refractivity (Wildman–Crippen MR) is 46.9 cm³/mol. The van der Waals surface area contributed by atoms with Crippen molar-refractivity contribution in [1.29, 1.82) is 0 Å². The number of aliphatic imine (C=N–C) groups is 2. The van der Waals surface area contributed by atoms with Gasteiger partial charge in [-0.15, -0.1) is 0 Å². The molecular weight excluding hydrogens is 124 g/mol. The molecule has 0 saturated heterocycles. The quantitative estimate of drug-likeness (QED) is 0.420. The van der Waals surface area contributed by atoms with Crippen molar-refractivity contribution in [2.24, 2.45) is 15.9 Å². The minimum Gasteiger partial charge on any atom is -0.277 e. The maximum Gasteiger partial charge on any atom is 0.109 e. The van der Waals surface area contributed by atoms with Crippen LogP contribution in [0.5, 0.6) is 0 Å². The van der Waals surface area contributed by atoms with E-state index in [0.29, 0.717) is 5.92 Å². The summed E-state index contributed by atoms with van der Waals surface area (Å²) in [7, 11) is 1.70. The Morgan fingerprint density at radius 1 is 1.50 bits per heavy atom. The van der Waals surface area contributed by atoms with Crippen molar-refractivity contribution >= 4 is 12.1 Å². The van der Waals surface area contributed by atoms with Gasteiger partial charge >= 0.3 is 0 Å². The number of allylic oxidation sites excluding steroid dienone is 1. The lowest BCUT2D eigenvalue weighted by molar-refractivity contribution is 0.891. The first-order chi connectivity index (χ1) is 4.72. The van der Waals surface area contributed by atoms with Crippen LogP contribution in [-0.2, 0) is 0 Å². The Morgan fingerprint density at radius 3 is 2.40 bits per heavy atom. The molecule has 0 atom stereocenters. The summed E-state index contributed by atoms with van der Waals surface area (Å²) in [5.41, 5.74) is 0.977. The molecule has 0 aliphatic heterocycles. The second-order valence-electron chi connectivity index (χ2n) is 2.29. The van der Waals surface area contributed by atoms with Crippen molar-refractivity contribution in [2.45, 2.75) is 13.8 Å². The van der Waals surface area contributed by atoms with Crippen LogP contribution in [0.15, 0.2) is 22.6 Å². The van der Waals surface area contributed by atoms with Gasteiger partial charge in [-0.1, -0.05) is 20.4 Å². The van der Waals surface area contributed by atoms with E-state index in [1.165, 1.54) is 6.34 Å². The Morgan fingerprint density at radius 2 is 2.10 bits per heavy atom. The molecule has 2 heteroatoms. The van der Waals surface area contributed by atoms with Gasteiger partial charge in [0.05, 0.1) is 0 Å². The van der Waals surface area contributed by atoms with E-state index in [0.717, 1.165) is 5.71 Å². The SMILES string of the molecule is C=C/C(=N\C=N/C)C(C)C. The van der Waals surface area contributed by atoms with Gasteiger partial charge in [0.25, 0.3) is 0 Å². The van der Waals surface area contributed by atoms with Crippen LogP contribution in [0.25, 0.3) is 0 Å². The monoisotopic (exact) mass is 138 g/mol. The summed E-state index contributed by atoms with van der Waals surface area (Å²) in [5.74, 6) is 0.426. The Labute approximate surface area is 62.4 Å². The van der Waals surface area contributed by atoms with Crippen molar-refractivity contribution in [3.63, 3.8) is 0 Å². The highest BCUT2D eigenvalue weighted by atomic mass is 14.8. The van der Waals surface area contributed by atoms with Gasteiger partial charge in [0.2, 0.25) is 0 Å². The maximum atomic E-state index is 4.07. The topological polar surface area (TPSA) is 24.7 Å². The largest absolute Gasteiger partial charge is 0.277 e. The smallest absolute Gasteiger partial charge is 0.109 e. The summed E-state index contributed by atoms with van der Waals surface area (Å²) >= 11 is 0. The van der Waals surface area contributed by atoms with E-state index in [1.54, 1.807) is 13.1 Å². The van der Waals surface area contributed by atoms with E-state index in [-0.39, 0.29) is 0 Å². The van der Waals surface area contributed by atoms with Crippen molar-refractivity contribution in [2.75, 3.05) is 7.05 Å². The number of hydrogen-bond acceptors (Lipinski definition) is 1. The number of nitrogens with zero attached hydrogens (tertiary/aromatic N) is 2. The first-order valence-corrected chi connectivity index (χ1v) is 3.33. The minimum absolute atomic E-state index is 0.426. The summed E-state index contributed by atoms with van der Waals surface area (Å²) in [4.78, 5) is 7.81. The Balaban J connectivity index is 4.18.